The molecule has 1 aromatic carbocycles. The van der Waals surface area contributed by atoms with Gasteiger partial charge in [-0.25, -0.2) is 4.79 Å². The van der Waals surface area contributed by atoms with Gasteiger partial charge in [0.25, 0.3) is 0 Å². The van der Waals surface area contributed by atoms with Crippen molar-refractivity contribution in [3.05, 3.63) is 53.9 Å². The van der Waals surface area contributed by atoms with E-state index in [1.54, 1.807) is 4.90 Å². The number of hydrogen-bond acceptors (Lipinski definition) is 2. The van der Waals surface area contributed by atoms with E-state index in [2.05, 4.69) is 26.1 Å². The maximum Gasteiger partial charge on any atom is 0.322 e. The zero-order valence-corrected chi connectivity index (χ0v) is 19.9. The smallest absolute Gasteiger partial charge is 0.322 e. The number of carbonyl (C=O) groups is 2. The highest BCUT2D eigenvalue weighted by atomic mass is 16.2. The molecular weight excluding hydrogens is 388 g/mol. The van der Waals surface area contributed by atoms with Gasteiger partial charge in [-0.05, 0) is 56.0 Å². The predicted molar refractivity (Wildman–Crippen MR) is 127 cm³/mol. The molecule has 6 heteroatoms. The van der Waals surface area contributed by atoms with E-state index in [9.17, 15) is 9.59 Å². The van der Waals surface area contributed by atoms with Gasteiger partial charge in [-0.15, -0.1) is 0 Å². The summed E-state index contributed by atoms with van der Waals surface area (Å²) in [7, 11) is 1.98. The molecule has 0 atom stereocenters. The summed E-state index contributed by atoms with van der Waals surface area (Å²) in [5.74, 6) is 0.404. The monoisotopic (exact) mass is 426 g/mol. The van der Waals surface area contributed by atoms with Crippen molar-refractivity contribution in [1.82, 2.24) is 14.4 Å². The lowest BCUT2D eigenvalue weighted by atomic mass is 10.0. The van der Waals surface area contributed by atoms with Crippen LogP contribution in [0.25, 0.3) is 0 Å². The molecule has 0 radical (unpaired) electrons. The van der Waals surface area contributed by atoms with Gasteiger partial charge in [-0.2, -0.15) is 0 Å². The summed E-state index contributed by atoms with van der Waals surface area (Å²) in [4.78, 5) is 29.6. The molecule has 6 nitrogen and oxygen atoms in total. The minimum atomic E-state index is -0.255. The van der Waals surface area contributed by atoms with Crippen LogP contribution >= 0.6 is 0 Å². The quantitative estimate of drug-likeness (QED) is 0.566. The number of hydrogen-bond donors (Lipinski definition) is 1. The molecule has 0 aliphatic heterocycles. The summed E-state index contributed by atoms with van der Waals surface area (Å²) in [6.45, 7) is 11.5. The van der Waals surface area contributed by atoms with Gasteiger partial charge in [0.1, 0.15) is 6.54 Å². The van der Waals surface area contributed by atoms with Crippen LogP contribution in [0.4, 0.5) is 10.5 Å². The Morgan fingerprint density at radius 1 is 1.06 bits per heavy atom. The summed E-state index contributed by atoms with van der Waals surface area (Å²) >= 11 is 0. The molecule has 0 bridgehead atoms. The van der Waals surface area contributed by atoms with Crippen LogP contribution in [0.3, 0.4) is 0 Å². The van der Waals surface area contributed by atoms with Crippen LogP contribution in [0.5, 0.6) is 0 Å². The van der Waals surface area contributed by atoms with Crippen LogP contribution in [-0.4, -0.2) is 45.4 Å². The molecule has 0 fully saturated rings. The van der Waals surface area contributed by atoms with Gasteiger partial charge in [0.05, 0.1) is 6.54 Å². The molecule has 3 amide bonds. The number of unbranched alkanes of at least 4 members (excludes halogenated alkanes) is 1. The first-order valence-corrected chi connectivity index (χ1v) is 11.3. The number of urea groups is 1. The van der Waals surface area contributed by atoms with E-state index in [4.69, 9.17) is 0 Å². The molecule has 0 unspecified atom stereocenters. The van der Waals surface area contributed by atoms with Gasteiger partial charge in [0.2, 0.25) is 5.91 Å². The second kappa shape index (κ2) is 11.6. The van der Waals surface area contributed by atoms with Gasteiger partial charge in [-0.3, -0.25) is 4.79 Å². The minimum absolute atomic E-state index is 0.0337. The molecule has 1 N–H and O–H groups in total. The molecule has 2 rings (SSSR count). The van der Waals surface area contributed by atoms with Gasteiger partial charge in [-0.1, -0.05) is 39.3 Å². The van der Waals surface area contributed by atoms with E-state index in [-0.39, 0.29) is 24.5 Å². The van der Waals surface area contributed by atoms with E-state index in [0.717, 1.165) is 24.2 Å². The normalized spacial score (nSPS) is 11.1. The summed E-state index contributed by atoms with van der Waals surface area (Å²) < 4.78 is 2.03. The maximum atomic E-state index is 13.2. The number of carbonyl (C=O) groups excluding carboxylic acids is 2. The minimum Gasteiger partial charge on any atom is -0.353 e. The number of anilines is 1. The molecule has 0 spiro atoms. The maximum absolute atomic E-state index is 13.2. The fourth-order valence-corrected chi connectivity index (χ4v) is 3.38. The Morgan fingerprint density at radius 3 is 2.26 bits per heavy atom. The standard InChI is InChI=1S/C25H38N4O2/c1-7-8-16-28(17-23-10-9-15-27(23)6)24(30)18-29(20(4)5)25(31)26-22-13-11-21(12-14-22)19(2)3/h9-15,19-20H,7-8,16-18H2,1-6H3,(H,26,31). The van der Waals surface area contributed by atoms with Crippen LogP contribution in [-0.2, 0) is 18.4 Å². The van der Waals surface area contributed by atoms with Crippen molar-refractivity contribution in [2.45, 2.75) is 66.0 Å². The Morgan fingerprint density at radius 2 is 1.74 bits per heavy atom. The third-order valence-corrected chi connectivity index (χ3v) is 5.56. The Labute approximate surface area is 187 Å². The van der Waals surface area contributed by atoms with Crippen molar-refractivity contribution < 1.29 is 9.59 Å². The Balaban J connectivity index is 2.08. The van der Waals surface area contributed by atoms with Gasteiger partial charge >= 0.3 is 6.03 Å². The number of amides is 3. The second-order valence-electron chi connectivity index (χ2n) is 8.71. The lowest BCUT2D eigenvalue weighted by molar-refractivity contribution is -0.132. The highest BCUT2D eigenvalue weighted by Crippen LogP contribution is 2.18. The average Bonchev–Trinajstić information content (AvgIpc) is 3.13. The Hall–Kier alpha value is -2.76. The van der Waals surface area contributed by atoms with Crippen LogP contribution in [0.15, 0.2) is 42.6 Å². The fraction of sp³-hybridized carbons (Fsp3) is 0.520. The molecule has 0 aliphatic carbocycles. The van der Waals surface area contributed by atoms with Crippen LogP contribution in [0, 0.1) is 0 Å². The lowest BCUT2D eigenvalue weighted by Crippen LogP contribution is -2.47. The van der Waals surface area contributed by atoms with E-state index < -0.39 is 0 Å². The highest BCUT2D eigenvalue weighted by Gasteiger charge is 2.24. The number of rotatable bonds is 10. The number of benzene rings is 1. The topological polar surface area (TPSA) is 57.6 Å². The van der Waals surface area contributed by atoms with Crippen molar-refractivity contribution in [1.29, 1.82) is 0 Å². The zero-order chi connectivity index (χ0) is 23.0. The first-order valence-electron chi connectivity index (χ1n) is 11.3. The van der Waals surface area contributed by atoms with Crippen molar-refractivity contribution in [3.8, 4) is 0 Å². The van der Waals surface area contributed by atoms with E-state index in [1.807, 2.05) is 73.0 Å². The third kappa shape index (κ3) is 7.16. The Kier molecular flexibility index (Phi) is 9.16. The first kappa shape index (κ1) is 24.5. The molecule has 0 saturated heterocycles. The number of nitrogens with zero attached hydrogens (tertiary/aromatic N) is 3. The molecule has 0 saturated carbocycles. The molecule has 1 aromatic heterocycles. The molecular formula is C25H38N4O2. The molecule has 170 valence electrons. The molecule has 2 aromatic rings. The molecule has 31 heavy (non-hydrogen) atoms. The summed E-state index contributed by atoms with van der Waals surface area (Å²) in [5.41, 5.74) is 3.04. The number of aryl methyl sites for hydroxylation is 1. The zero-order valence-electron chi connectivity index (χ0n) is 19.9. The fourth-order valence-electron chi connectivity index (χ4n) is 3.38. The van der Waals surface area contributed by atoms with Crippen LogP contribution < -0.4 is 5.32 Å². The highest BCUT2D eigenvalue weighted by molar-refractivity contribution is 5.92. The van der Waals surface area contributed by atoms with Crippen LogP contribution in [0.2, 0.25) is 0 Å². The summed E-state index contributed by atoms with van der Waals surface area (Å²) in [6.07, 6.45) is 3.93. The SMILES string of the molecule is CCCCN(Cc1cccn1C)C(=O)CN(C(=O)Nc1ccc(C(C)C)cc1)C(C)C. The Bertz CT molecular complexity index is 839. The van der Waals surface area contributed by atoms with Crippen molar-refractivity contribution in [3.63, 3.8) is 0 Å². The van der Waals surface area contributed by atoms with E-state index >= 15 is 0 Å². The average molecular weight is 427 g/mol. The van der Waals surface area contributed by atoms with Crippen molar-refractivity contribution >= 4 is 17.6 Å². The van der Waals surface area contributed by atoms with Gasteiger partial charge in [0.15, 0.2) is 0 Å². The second-order valence-corrected chi connectivity index (χ2v) is 8.71. The van der Waals surface area contributed by atoms with Crippen molar-refractivity contribution in [2.75, 3.05) is 18.4 Å². The van der Waals surface area contributed by atoms with Crippen molar-refractivity contribution in [2.24, 2.45) is 7.05 Å². The summed E-state index contributed by atoms with van der Waals surface area (Å²) in [5, 5.41) is 2.94. The molecule has 1 heterocycles. The molecule has 0 aliphatic rings. The van der Waals surface area contributed by atoms with E-state index in [1.165, 1.54) is 5.56 Å². The third-order valence-electron chi connectivity index (χ3n) is 5.56. The largest absolute Gasteiger partial charge is 0.353 e. The van der Waals surface area contributed by atoms with E-state index in [0.29, 0.717) is 19.0 Å². The first-order chi connectivity index (χ1) is 14.7. The van der Waals surface area contributed by atoms with Gasteiger partial charge in [0, 0.05) is 37.2 Å². The predicted octanol–water partition coefficient (Wildman–Crippen LogP) is 5.22. The van der Waals surface area contributed by atoms with Gasteiger partial charge < -0.3 is 19.7 Å². The lowest BCUT2D eigenvalue weighted by Gasteiger charge is -2.30. The number of nitrogens with one attached hydrogen (secondary N) is 1. The van der Waals surface area contributed by atoms with Crippen LogP contribution in [0.1, 0.15) is 64.6 Å². The number of aromatic nitrogens is 1. The summed E-state index contributed by atoms with van der Waals surface area (Å²) in [6, 6.07) is 11.5.